The number of fused-ring (bicyclic) bond motifs is 1. The van der Waals surface area contributed by atoms with E-state index in [2.05, 4.69) is 5.32 Å². The Morgan fingerprint density at radius 3 is 2.78 bits per heavy atom. The third kappa shape index (κ3) is 2.74. The van der Waals surface area contributed by atoms with Gasteiger partial charge < -0.3 is 15.3 Å². The number of anilines is 1. The van der Waals surface area contributed by atoms with Gasteiger partial charge in [-0.15, -0.1) is 0 Å². The average Bonchev–Trinajstić information content (AvgIpc) is 2.72. The molecule has 0 radical (unpaired) electrons. The van der Waals surface area contributed by atoms with E-state index >= 15 is 0 Å². The second kappa shape index (κ2) is 5.96. The molecule has 3 rings (SSSR count). The molecule has 3 atom stereocenters. The predicted octanol–water partition coefficient (Wildman–Crippen LogP) is 1.73. The average molecular weight is 316 g/mol. The highest BCUT2D eigenvalue weighted by Crippen LogP contribution is 2.42. The number of likely N-dealkylation sites (N-methyl/N-ethyl adjacent to an activating group) is 1. The minimum atomic E-state index is -0.838. The lowest BCUT2D eigenvalue weighted by Crippen LogP contribution is -2.48. The van der Waals surface area contributed by atoms with Gasteiger partial charge in [-0.25, -0.2) is 0 Å². The van der Waals surface area contributed by atoms with Crippen molar-refractivity contribution < 1.29 is 14.7 Å². The lowest BCUT2D eigenvalue weighted by molar-refractivity contribution is -0.130. The van der Waals surface area contributed by atoms with Crippen molar-refractivity contribution in [2.24, 2.45) is 0 Å². The van der Waals surface area contributed by atoms with E-state index in [0.717, 1.165) is 36.9 Å². The SMILES string of the molecule is CN1C(=O)[C@](C)(CC(=O)N[C@@H]2CCCC[C@H]2O)c2ccccc21. The first-order valence-electron chi connectivity index (χ1n) is 8.28. The van der Waals surface area contributed by atoms with Gasteiger partial charge >= 0.3 is 0 Å². The van der Waals surface area contributed by atoms with E-state index < -0.39 is 11.5 Å². The molecule has 124 valence electrons. The van der Waals surface area contributed by atoms with Gasteiger partial charge in [-0.05, 0) is 31.4 Å². The van der Waals surface area contributed by atoms with Gasteiger partial charge in [0.2, 0.25) is 11.8 Å². The largest absolute Gasteiger partial charge is 0.391 e. The number of aliphatic hydroxyl groups is 1. The van der Waals surface area contributed by atoms with E-state index in [1.54, 1.807) is 11.9 Å². The quantitative estimate of drug-likeness (QED) is 0.892. The second-order valence-corrected chi connectivity index (χ2v) is 6.92. The molecule has 1 fully saturated rings. The molecule has 2 N–H and O–H groups in total. The molecule has 1 saturated carbocycles. The number of carbonyl (C=O) groups is 2. The molecule has 5 heteroatoms. The molecule has 0 saturated heterocycles. The summed E-state index contributed by atoms with van der Waals surface area (Å²) in [6.45, 7) is 1.83. The predicted molar refractivity (Wildman–Crippen MR) is 88.2 cm³/mol. The molecule has 1 aromatic rings. The highest BCUT2D eigenvalue weighted by atomic mass is 16.3. The Kier molecular flexibility index (Phi) is 4.15. The maximum atomic E-state index is 12.7. The minimum absolute atomic E-state index is 0.0574. The molecule has 5 nitrogen and oxygen atoms in total. The van der Waals surface area contributed by atoms with Crippen LogP contribution in [0.5, 0.6) is 0 Å². The molecule has 1 aliphatic heterocycles. The molecular formula is C18H24N2O3. The molecule has 1 heterocycles. The van der Waals surface area contributed by atoms with Gasteiger partial charge in [0.1, 0.15) is 0 Å². The summed E-state index contributed by atoms with van der Waals surface area (Å²) >= 11 is 0. The van der Waals surface area contributed by atoms with E-state index in [1.165, 1.54) is 0 Å². The van der Waals surface area contributed by atoms with Crippen LogP contribution in [0, 0.1) is 0 Å². The number of nitrogens with one attached hydrogen (secondary N) is 1. The number of benzene rings is 1. The van der Waals surface area contributed by atoms with Crippen molar-refractivity contribution in [1.29, 1.82) is 0 Å². The molecule has 0 unspecified atom stereocenters. The van der Waals surface area contributed by atoms with Crippen molar-refractivity contribution in [2.75, 3.05) is 11.9 Å². The molecule has 0 bridgehead atoms. The fourth-order valence-corrected chi connectivity index (χ4v) is 3.86. The molecule has 0 spiro atoms. The van der Waals surface area contributed by atoms with Crippen LogP contribution in [-0.4, -0.2) is 36.1 Å². The van der Waals surface area contributed by atoms with Crippen LogP contribution in [0.1, 0.15) is 44.6 Å². The summed E-state index contributed by atoms with van der Waals surface area (Å²) in [6, 6.07) is 7.42. The summed E-state index contributed by atoms with van der Waals surface area (Å²) in [4.78, 5) is 26.8. The van der Waals surface area contributed by atoms with E-state index in [-0.39, 0.29) is 24.3 Å². The van der Waals surface area contributed by atoms with Crippen molar-refractivity contribution in [3.05, 3.63) is 29.8 Å². The fraction of sp³-hybridized carbons (Fsp3) is 0.556. The van der Waals surface area contributed by atoms with Crippen LogP contribution < -0.4 is 10.2 Å². The molecule has 2 aliphatic rings. The van der Waals surface area contributed by atoms with Crippen molar-refractivity contribution in [3.8, 4) is 0 Å². The Bertz CT molecular complexity index is 630. The van der Waals surface area contributed by atoms with E-state index in [4.69, 9.17) is 0 Å². The summed E-state index contributed by atoms with van der Waals surface area (Å²) in [5.74, 6) is -0.227. The lowest BCUT2D eigenvalue weighted by Gasteiger charge is -2.30. The van der Waals surface area contributed by atoms with Crippen LogP contribution in [0.15, 0.2) is 24.3 Å². The van der Waals surface area contributed by atoms with Gasteiger partial charge in [-0.3, -0.25) is 9.59 Å². The van der Waals surface area contributed by atoms with E-state index in [9.17, 15) is 14.7 Å². The first-order valence-corrected chi connectivity index (χ1v) is 8.28. The maximum absolute atomic E-state index is 12.7. The van der Waals surface area contributed by atoms with Gasteiger partial charge in [-0.1, -0.05) is 31.0 Å². The second-order valence-electron chi connectivity index (χ2n) is 6.92. The summed E-state index contributed by atoms with van der Waals surface area (Å²) in [6.07, 6.45) is 3.18. The number of hydrogen-bond donors (Lipinski definition) is 2. The molecular weight excluding hydrogens is 292 g/mol. The van der Waals surface area contributed by atoms with Crippen LogP contribution in [0.25, 0.3) is 0 Å². The number of rotatable bonds is 3. The fourth-order valence-electron chi connectivity index (χ4n) is 3.86. The van der Waals surface area contributed by atoms with Crippen LogP contribution in [0.4, 0.5) is 5.69 Å². The van der Waals surface area contributed by atoms with Crippen molar-refractivity contribution in [3.63, 3.8) is 0 Å². The molecule has 1 aromatic carbocycles. The zero-order valence-electron chi connectivity index (χ0n) is 13.7. The van der Waals surface area contributed by atoms with Gasteiger partial charge in [0.25, 0.3) is 0 Å². The molecule has 2 amide bonds. The maximum Gasteiger partial charge on any atom is 0.237 e. The van der Waals surface area contributed by atoms with Crippen LogP contribution in [0.3, 0.4) is 0 Å². The lowest BCUT2D eigenvalue weighted by atomic mass is 9.80. The first kappa shape index (κ1) is 16.0. The molecule has 23 heavy (non-hydrogen) atoms. The summed E-state index contributed by atoms with van der Waals surface area (Å²) < 4.78 is 0. The number of para-hydroxylation sites is 1. The number of nitrogens with zero attached hydrogens (tertiary/aromatic N) is 1. The Balaban J connectivity index is 1.76. The summed E-state index contributed by atoms with van der Waals surface area (Å²) in [5.41, 5.74) is 0.923. The van der Waals surface area contributed by atoms with E-state index in [0.29, 0.717) is 0 Å². The highest BCUT2D eigenvalue weighted by Gasteiger charge is 2.47. The monoisotopic (exact) mass is 316 g/mol. The van der Waals surface area contributed by atoms with Crippen molar-refractivity contribution in [1.82, 2.24) is 5.32 Å². The van der Waals surface area contributed by atoms with Gasteiger partial charge in [-0.2, -0.15) is 0 Å². The number of hydrogen-bond acceptors (Lipinski definition) is 3. The molecule has 1 aliphatic carbocycles. The summed E-state index contributed by atoms with van der Waals surface area (Å²) in [7, 11) is 1.75. The number of aliphatic hydroxyl groups excluding tert-OH is 1. The van der Waals surface area contributed by atoms with Crippen molar-refractivity contribution in [2.45, 2.75) is 56.6 Å². The minimum Gasteiger partial charge on any atom is -0.391 e. The van der Waals surface area contributed by atoms with E-state index in [1.807, 2.05) is 31.2 Å². The normalized spacial score (nSPS) is 30.2. The number of amides is 2. The highest BCUT2D eigenvalue weighted by molar-refractivity contribution is 6.09. The summed E-state index contributed by atoms with van der Waals surface area (Å²) in [5, 5.41) is 12.9. The third-order valence-corrected chi connectivity index (χ3v) is 5.23. The Labute approximate surface area is 136 Å². The standard InChI is InChI=1S/C18H24N2O3/c1-18(11-16(22)19-13-8-4-6-10-15(13)21)12-7-3-5-9-14(12)20(2)17(18)23/h3,5,7,9,13,15,21H,4,6,8,10-11H2,1-2H3,(H,19,22)/t13-,15-,18-/m1/s1. The molecule has 0 aromatic heterocycles. The van der Waals surface area contributed by atoms with Crippen LogP contribution in [-0.2, 0) is 15.0 Å². The van der Waals surface area contributed by atoms with Crippen molar-refractivity contribution >= 4 is 17.5 Å². The van der Waals surface area contributed by atoms with Gasteiger partial charge in [0, 0.05) is 19.2 Å². The number of carbonyl (C=O) groups excluding carboxylic acids is 2. The topological polar surface area (TPSA) is 69.6 Å². The zero-order valence-corrected chi connectivity index (χ0v) is 13.7. The third-order valence-electron chi connectivity index (χ3n) is 5.23. The smallest absolute Gasteiger partial charge is 0.237 e. The first-order chi connectivity index (χ1) is 10.9. The zero-order chi connectivity index (χ0) is 16.6. The Hall–Kier alpha value is -1.88. The van der Waals surface area contributed by atoms with Crippen LogP contribution >= 0.6 is 0 Å². The van der Waals surface area contributed by atoms with Crippen LogP contribution in [0.2, 0.25) is 0 Å². The van der Waals surface area contributed by atoms with Gasteiger partial charge in [0.05, 0.1) is 17.6 Å². The van der Waals surface area contributed by atoms with Gasteiger partial charge in [0.15, 0.2) is 0 Å². The Morgan fingerprint density at radius 2 is 2.04 bits per heavy atom. The Morgan fingerprint density at radius 1 is 1.35 bits per heavy atom.